The fourth-order valence-corrected chi connectivity index (χ4v) is 1.40. The monoisotopic (exact) mass is 208 g/mol. The maximum absolute atomic E-state index is 5.56. The highest BCUT2D eigenvalue weighted by atomic mass is 15.3. The van der Waals surface area contributed by atoms with E-state index in [1.165, 1.54) is 0 Å². The Morgan fingerprint density at radius 1 is 1.20 bits per heavy atom. The lowest BCUT2D eigenvalue weighted by atomic mass is 10.2. The zero-order valence-corrected chi connectivity index (χ0v) is 9.94. The van der Waals surface area contributed by atoms with Gasteiger partial charge in [-0.1, -0.05) is 13.8 Å². The summed E-state index contributed by atoms with van der Waals surface area (Å²) in [6.45, 7) is 9.62. The first-order valence-electron chi connectivity index (χ1n) is 5.35. The maximum atomic E-state index is 5.56. The molecular formula is C11H20N4. The molecule has 1 aromatic rings. The van der Waals surface area contributed by atoms with Crippen molar-refractivity contribution in [2.75, 3.05) is 17.2 Å². The highest BCUT2D eigenvalue weighted by Gasteiger charge is 2.14. The molecule has 0 spiro atoms. The van der Waals surface area contributed by atoms with E-state index in [0.29, 0.717) is 17.6 Å². The number of anilines is 2. The minimum absolute atomic E-state index is 0.399. The number of aromatic nitrogens is 2. The summed E-state index contributed by atoms with van der Waals surface area (Å²) in [6, 6.07) is 0.399. The predicted octanol–water partition coefficient (Wildman–Crippen LogP) is 1.93. The van der Waals surface area contributed by atoms with Gasteiger partial charge in [0.1, 0.15) is 0 Å². The van der Waals surface area contributed by atoms with Crippen LogP contribution in [0.15, 0.2) is 12.4 Å². The summed E-state index contributed by atoms with van der Waals surface area (Å²) in [6.07, 6.45) is 3.30. The molecule has 0 radical (unpaired) electrons. The molecule has 0 unspecified atom stereocenters. The SMILES string of the molecule is CC(C)CN(c1ncc(N)cn1)C(C)C. The quantitative estimate of drug-likeness (QED) is 0.821. The molecule has 1 aromatic heterocycles. The number of nitrogens with zero attached hydrogens (tertiary/aromatic N) is 3. The Kier molecular flexibility index (Phi) is 3.88. The molecule has 0 bridgehead atoms. The van der Waals surface area contributed by atoms with Gasteiger partial charge in [-0.3, -0.25) is 0 Å². The number of nitrogens with two attached hydrogens (primary N) is 1. The van der Waals surface area contributed by atoms with Gasteiger partial charge in [-0.05, 0) is 19.8 Å². The molecule has 0 saturated carbocycles. The molecule has 0 aliphatic carbocycles. The normalized spacial score (nSPS) is 11.1. The average Bonchev–Trinajstić information content (AvgIpc) is 2.15. The van der Waals surface area contributed by atoms with Crippen molar-refractivity contribution >= 4 is 11.6 Å². The smallest absolute Gasteiger partial charge is 0.225 e. The fourth-order valence-electron chi connectivity index (χ4n) is 1.40. The molecule has 4 nitrogen and oxygen atoms in total. The zero-order chi connectivity index (χ0) is 11.4. The van der Waals surface area contributed by atoms with Gasteiger partial charge in [0, 0.05) is 12.6 Å². The summed E-state index contributed by atoms with van der Waals surface area (Å²) in [5.41, 5.74) is 6.16. The Balaban J connectivity index is 2.84. The summed E-state index contributed by atoms with van der Waals surface area (Å²) >= 11 is 0. The van der Waals surface area contributed by atoms with Crippen molar-refractivity contribution in [3.63, 3.8) is 0 Å². The molecule has 0 fully saturated rings. The van der Waals surface area contributed by atoms with Gasteiger partial charge >= 0.3 is 0 Å². The van der Waals surface area contributed by atoms with Crippen molar-refractivity contribution in [3.05, 3.63) is 12.4 Å². The van der Waals surface area contributed by atoms with Crippen molar-refractivity contribution in [2.24, 2.45) is 5.92 Å². The zero-order valence-electron chi connectivity index (χ0n) is 9.94. The minimum atomic E-state index is 0.399. The predicted molar refractivity (Wildman–Crippen MR) is 63.8 cm³/mol. The summed E-state index contributed by atoms with van der Waals surface area (Å²) in [7, 11) is 0. The van der Waals surface area contributed by atoms with Crippen molar-refractivity contribution in [2.45, 2.75) is 33.7 Å². The van der Waals surface area contributed by atoms with Crippen LogP contribution in [0.1, 0.15) is 27.7 Å². The third kappa shape index (κ3) is 3.38. The first-order valence-corrected chi connectivity index (χ1v) is 5.35. The molecule has 4 heteroatoms. The molecule has 15 heavy (non-hydrogen) atoms. The summed E-state index contributed by atoms with van der Waals surface area (Å²) < 4.78 is 0. The average molecular weight is 208 g/mol. The third-order valence-corrected chi connectivity index (χ3v) is 2.10. The van der Waals surface area contributed by atoms with Gasteiger partial charge in [0.05, 0.1) is 18.1 Å². The highest BCUT2D eigenvalue weighted by Crippen LogP contribution is 2.13. The second-order valence-electron chi connectivity index (χ2n) is 4.46. The van der Waals surface area contributed by atoms with E-state index in [2.05, 4.69) is 42.6 Å². The van der Waals surface area contributed by atoms with Gasteiger partial charge < -0.3 is 10.6 Å². The Labute approximate surface area is 91.5 Å². The second-order valence-corrected chi connectivity index (χ2v) is 4.46. The number of hydrogen-bond acceptors (Lipinski definition) is 4. The number of rotatable bonds is 4. The summed E-state index contributed by atoms with van der Waals surface area (Å²) in [4.78, 5) is 10.7. The number of nitrogen functional groups attached to an aromatic ring is 1. The van der Waals surface area contributed by atoms with E-state index in [0.717, 1.165) is 12.5 Å². The molecule has 1 heterocycles. The van der Waals surface area contributed by atoms with Crippen molar-refractivity contribution in [1.82, 2.24) is 9.97 Å². The summed E-state index contributed by atoms with van der Waals surface area (Å²) in [5, 5.41) is 0. The van der Waals surface area contributed by atoms with Crippen LogP contribution in [0.5, 0.6) is 0 Å². The van der Waals surface area contributed by atoms with Crippen LogP contribution in [-0.2, 0) is 0 Å². The lowest BCUT2D eigenvalue weighted by molar-refractivity contribution is 0.560. The molecule has 84 valence electrons. The molecule has 0 saturated heterocycles. The van der Waals surface area contributed by atoms with Crippen molar-refractivity contribution < 1.29 is 0 Å². The Morgan fingerprint density at radius 3 is 2.13 bits per heavy atom. The Morgan fingerprint density at radius 2 is 1.73 bits per heavy atom. The van der Waals surface area contributed by atoms with Gasteiger partial charge in [0.2, 0.25) is 5.95 Å². The van der Waals surface area contributed by atoms with E-state index >= 15 is 0 Å². The molecule has 2 N–H and O–H groups in total. The maximum Gasteiger partial charge on any atom is 0.225 e. The Hall–Kier alpha value is -1.32. The summed E-state index contributed by atoms with van der Waals surface area (Å²) in [5.74, 6) is 1.35. The lowest BCUT2D eigenvalue weighted by Gasteiger charge is -2.28. The standard InChI is InChI=1S/C11H20N4/c1-8(2)7-15(9(3)4)11-13-5-10(12)6-14-11/h5-6,8-9H,7,12H2,1-4H3. The second kappa shape index (κ2) is 4.96. The van der Waals surface area contributed by atoms with Crippen LogP contribution in [0.2, 0.25) is 0 Å². The van der Waals surface area contributed by atoms with Crippen LogP contribution < -0.4 is 10.6 Å². The van der Waals surface area contributed by atoms with Gasteiger partial charge in [0.15, 0.2) is 0 Å². The number of hydrogen-bond donors (Lipinski definition) is 1. The highest BCUT2D eigenvalue weighted by molar-refractivity contribution is 5.38. The van der Waals surface area contributed by atoms with Crippen LogP contribution >= 0.6 is 0 Å². The largest absolute Gasteiger partial charge is 0.396 e. The first kappa shape index (κ1) is 11.8. The third-order valence-electron chi connectivity index (χ3n) is 2.10. The van der Waals surface area contributed by atoms with Crippen molar-refractivity contribution in [1.29, 1.82) is 0 Å². The van der Waals surface area contributed by atoms with E-state index in [-0.39, 0.29) is 0 Å². The van der Waals surface area contributed by atoms with E-state index in [1.807, 2.05) is 0 Å². The Bertz CT molecular complexity index is 292. The first-order chi connectivity index (χ1) is 7.00. The molecular weight excluding hydrogens is 188 g/mol. The van der Waals surface area contributed by atoms with Gasteiger partial charge in [-0.25, -0.2) is 9.97 Å². The van der Waals surface area contributed by atoms with Crippen LogP contribution in [0, 0.1) is 5.92 Å². The molecule has 0 aliphatic rings. The van der Waals surface area contributed by atoms with E-state index < -0.39 is 0 Å². The molecule has 1 rings (SSSR count). The fraction of sp³-hybridized carbons (Fsp3) is 0.636. The van der Waals surface area contributed by atoms with Crippen LogP contribution in [-0.4, -0.2) is 22.6 Å². The van der Waals surface area contributed by atoms with Crippen LogP contribution in [0.25, 0.3) is 0 Å². The van der Waals surface area contributed by atoms with E-state index in [9.17, 15) is 0 Å². The lowest BCUT2D eigenvalue weighted by Crippen LogP contribution is -2.35. The molecule has 0 aromatic carbocycles. The topological polar surface area (TPSA) is 55.0 Å². The van der Waals surface area contributed by atoms with Crippen molar-refractivity contribution in [3.8, 4) is 0 Å². The van der Waals surface area contributed by atoms with Gasteiger partial charge in [0.25, 0.3) is 0 Å². The van der Waals surface area contributed by atoms with Crippen LogP contribution in [0.3, 0.4) is 0 Å². The minimum Gasteiger partial charge on any atom is -0.396 e. The van der Waals surface area contributed by atoms with E-state index in [1.54, 1.807) is 12.4 Å². The molecule has 0 atom stereocenters. The van der Waals surface area contributed by atoms with Gasteiger partial charge in [-0.15, -0.1) is 0 Å². The van der Waals surface area contributed by atoms with Crippen LogP contribution in [0.4, 0.5) is 11.6 Å². The van der Waals surface area contributed by atoms with E-state index in [4.69, 9.17) is 5.73 Å². The molecule has 0 aliphatic heterocycles. The van der Waals surface area contributed by atoms with Gasteiger partial charge in [-0.2, -0.15) is 0 Å². The molecule has 0 amide bonds.